The quantitative estimate of drug-likeness (QED) is 0.526. The maximum atomic E-state index is 13.3. The van der Waals surface area contributed by atoms with Crippen molar-refractivity contribution < 1.29 is 17.2 Å². The molecule has 0 unspecified atom stereocenters. The predicted octanol–water partition coefficient (Wildman–Crippen LogP) is 2.86. The molecule has 0 spiro atoms. The van der Waals surface area contributed by atoms with Crippen LogP contribution < -0.4 is 4.90 Å². The van der Waals surface area contributed by atoms with Gasteiger partial charge < -0.3 is 4.90 Å². The molecular formula is C23H25F2N5O2S. The first-order valence-electron chi connectivity index (χ1n) is 10.6. The second-order valence-electron chi connectivity index (χ2n) is 7.84. The largest absolute Gasteiger partial charge is 0.352 e. The lowest BCUT2D eigenvalue weighted by atomic mass is 10.1. The Labute approximate surface area is 192 Å². The highest BCUT2D eigenvalue weighted by Gasteiger charge is 2.24. The average Bonchev–Trinajstić information content (AvgIpc) is 2.83. The summed E-state index contributed by atoms with van der Waals surface area (Å²) < 4.78 is 53.1. The standard InChI is InChI=1S/C23H25F2N5O2S/c1-28(33(31,32)21-8-6-20(25)7-9-21)12-13-29-14-16-30(17-15-29)23-22(26-10-11-27-23)18-2-4-19(24)5-3-18/h2-11H,12-17H2,1H3. The summed E-state index contributed by atoms with van der Waals surface area (Å²) in [6.07, 6.45) is 3.26. The minimum atomic E-state index is -3.67. The highest BCUT2D eigenvalue weighted by atomic mass is 32.2. The number of sulfonamides is 1. The van der Waals surface area contributed by atoms with Gasteiger partial charge in [-0.25, -0.2) is 22.2 Å². The zero-order chi connectivity index (χ0) is 23.4. The molecule has 0 atom stereocenters. The summed E-state index contributed by atoms with van der Waals surface area (Å²) >= 11 is 0. The third-order valence-electron chi connectivity index (χ3n) is 5.72. The van der Waals surface area contributed by atoms with Crippen LogP contribution in [0.15, 0.2) is 65.8 Å². The number of nitrogens with zero attached hydrogens (tertiary/aromatic N) is 5. The van der Waals surface area contributed by atoms with E-state index in [9.17, 15) is 17.2 Å². The molecule has 0 aliphatic carbocycles. The van der Waals surface area contributed by atoms with Gasteiger partial charge in [-0.2, -0.15) is 4.31 Å². The molecule has 4 rings (SSSR count). The Morgan fingerprint density at radius 2 is 1.45 bits per heavy atom. The first-order valence-corrected chi connectivity index (χ1v) is 12.0. The number of halogens is 2. The molecule has 10 heteroatoms. The van der Waals surface area contributed by atoms with Crippen LogP contribution in [0, 0.1) is 11.6 Å². The number of likely N-dealkylation sites (N-methyl/N-ethyl adjacent to an activating group) is 1. The van der Waals surface area contributed by atoms with E-state index >= 15 is 0 Å². The van der Waals surface area contributed by atoms with Crippen LogP contribution in [0.5, 0.6) is 0 Å². The summed E-state index contributed by atoms with van der Waals surface area (Å²) in [4.78, 5) is 13.4. The molecule has 174 valence electrons. The highest BCUT2D eigenvalue weighted by molar-refractivity contribution is 7.89. The summed E-state index contributed by atoms with van der Waals surface area (Å²) in [5.74, 6) is -0.0239. The predicted molar refractivity (Wildman–Crippen MR) is 122 cm³/mol. The highest BCUT2D eigenvalue weighted by Crippen LogP contribution is 2.27. The molecule has 3 aromatic rings. The molecule has 1 fully saturated rings. The maximum absolute atomic E-state index is 13.3. The van der Waals surface area contributed by atoms with Gasteiger partial charge >= 0.3 is 0 Å². The molecule has 2 aromatic carbocycles. The first kappa shape index (κ1) is 23.2. The number of piperazine rings is 1. The van der Waals surface area contributed by atoms with Crippen LogP contribution in [-0.4, -0.2) is 73.9 Å². The van der Waals surface area contributed by atoms with E-state index in [-0.39, 0.29) is 10.7 Å². The molecule has 1 aromatic heterocycles. The van der Waals surface area contributed by atoms with E-state index in [4.69, 9.17) is 0 Å². The average molecular weight is 474 g/mol. The fourth-order valence-electron chi connectivity index (χ4n) is 3.75. The third kappa shape index (κ3) is 5.35. The maximum Gasteiger partial charge on any atom is 0.242 e. The van der Waals surface area contributed by atoms with Crippen LogP contribution in [0.1, 0.15) is 0 Å². The molecule has 1 saturated heterocycles. The second-order valence-corrected chi connectivity index (χ2v) is 9.89. The van der Waals surface area contributed by atoms with Gasteiger partial charge in [0.15, 0.2) is 5.82 Å². The molecule has 0 amide bonds. The topological polar surface area (TPSA) is 69.6 Å². The Bertz CT molecular complexity index is 1180. The third-order valence-corrected chi connectivity index (χ3v) is 7.59. The Hall–Kier alpha value is -2.95. The first-order chi connectivity index (χ1) is 15.8. The summed E-state index contributed by atoms with van der Waals surface area (Å²) in [5.41, 5.74) is 1.51. The minimum Gasteiger partial charge on any atom is -0.352 e. The normalized spacial score (nSPS) is 15.2. The molecule has 0 bridgehead atoms. The Morgan fingerprint density at radius 3 is 2.09 bits per heavy atom. The van der Waals surface area contributed by atoms with Crippen molar-refractivity contribution in [2.45, 2.75) is 4.90 Å². The summed E-state index contributed by atoms with van der Waals surface area (Å²) in [6, 6.07) is 11.0. The summed E-state index contributed by atoms with van der Waals surface area (Å²) in [7, 11) is -2.13. The zero-order valence-electron chi connectivity index (χ0n) is 18.2. The lowest BCUT2D eigenvalue weighted by Crippen LogP contribution is -2.49. The van der Waals surface area contributed by atoms with Gasteiger partial charge in [-0.05, 0) is 48.5 Å². The van der Waals surface area contributed by atoms with Crippen LogP contribution in [0.4, 0.5) is 14.6 Å². The lowest BCUT2D eigenvalue weighted by Gasteiger charge is -2.36. The Kier molecular flexibility index (Phi) is 6.96. The van der Waals surface area contributed by atoms with Gasteiger partial charge in [0.1, 0.15) is 17.3 Å². The summed E-state index contributed by atoms with van der Waals surface area (Å²) in [6.45, 7) is 3.80. The fraction of sp³-hybridized carbons (Fsp3) is 0.304. The van der Waals surface area contributed by atoms with Crippen LogP contribution in [0.2, 0.25) is 0 Å². The van der Waals surface area contributed by atoms with Crippen LogP contribution >= 0.6 is 0 Å². The van der Waals surface area contributed by atoms with E-state index in [0.29, 0.717) is 31.9 Å². The molecular weight excluding hydrogens is 448 g/mol. The number of hydrogen-bond donors (Lipinski definition) is 0. The fourth-order valence-corrected chi connectivity index (χ4v) is 4.91. The molecule has 0 N–H and O–H groups in total. The molecule has 33 heavy (non-hydrogen) atoms. The van der Waals surface area contributed by atoms with Crippen LogP contribution in [0.3, 0.4) is 0 Å². The van der Waals surface area contributed by atoms with Crippen LogP contribution in [-0.2, 0) is 10.0 Å². The molecule has 1 aliphatic heterocycles. The molecule has 2 heterocycles. The number of rotatable bonds is 7. The van der Waals surface area contributed by atoms with Crippen LogP contribution in [0.25, 0.3) is 11.3 Å². The van der Waals surface area contributed by atoms with E-state index < -0.39 is 15.8 Å². The van der Waals surface area contributed by atoms with E-state index in [2.05, 4.69) is 19.8 Å². The lowest BCUT2D eigenvalue weighted by molar-refractivity contribution is 0.243. The van der Waals surface area contributed by atoms with E-state index in [0.717, 1.165) is 36.6 Å². The van der Waals surface area contributed by atoms with Crippen molar-refractivity contribution in [3.63, 3.8) is 0 Å². The van der Waals surface area contributed by atoms with Gasteiger partial charge in [-0.3, -0.25) is 9.88 Å². The van der Waals surface area contributed by atoms with Crippen molar-refractivity contribution >= 4 is 15.8 Å². The van der Waals surface area contributed by atoms with Crippen molar-refractivity contribution in [2.75, 3.05) is 51.2 Å². The molecule has 0 saturated carbocycles. The van der Waals surface area contributed by atoms with Crippen molar-refractivity contribution in [2.24, 2.45) is 0 Å². The van der Waals surface area contributed by atoms with Gasteiger partial charge in [-0.1, -0.05) is 0 Å². The number of aromatic nitrogens is 2. The molecule has 1 aliphatic rings. The van der Waals surface area contributed by atoms with Gasteiger partial charge in [-0.15, -0.1) is 0 Å². The number of benzene rings is 2. The molecule has 7 nitrogen and oxygen atoms in total. The summed E-state index contributed by atoms with van der Waals surface area (Å²) in [5, 5.41) is 0. The smallest absolute Gasteiger partial charge is 0.242 e. The van der Waals surface area contributed by atoms with Gasteiger partial charge in [0, 0.05) is 64.3 Å². The monoisotopic (exact) mass is 473 g/mol. The SMILES string of the molecule is CN(CCN1CCN(c2nccnc2-c2ccc(F)cc2)CC1)S(=O)(=O)c1ccc(F)cc1. The van der Waals surface area contributed by atoms with Gasteiger partial charge in [0.25, 0.3) is 0 Å². The van der Waals surface area contributed by atoms with Gasteiger partial charge in [0.2, 0.25) is 10.0 Å². The second kappa shape index (κ2) is 9.90. The van der Waals surface area contributed by atoms with Crippen molar-refractivity contribution in [3.05, 3.63) is 72.6 Å². The Balaban J connectivity index is 1.35. The molecule has 0 radical (unpaired) electrons. The van der Waals surface area contributed by atoms with E-state index in [1.807, 2.05) is 0 Å². The van der Waals surface area contributed by atoms with Crippen molar-refractivity contribution in [1.29, 1.82) is 0 Å². The van der Waals surface area contributed by atoms with E-state index in [1.165, 1.54) is 35.6 Å². The van der Waals surface area contributed by atoms with Gasteiger partial charge in [0.05, 0.1) is 4.90 Å². The number of anilines is 1. The van der Waals surface area contributed by atoms with Crippen molar-refractivity contribution in [3.8, 4) is 11.3 Å². The minimum absolute atomic E-state index is 0.0761. The van der Waals surface area contributed by atoms with E-state index in [1.54, 1.807) is 24.5 Å². The zero-order valence-corrected chi connectivity index (χ0v) is 19.0. The number of hydrogen-bond acceptors (Lipinski definition) is 6. The Morgan fingerprint density at radius 1 is 0.879 bits per heavy atom. The van der Waals surface area contributed by atoms with Crippen molar-refractivity contribution in [1.82, 2.24) is 19.2 Å².